The lowest BCUT2D eigenvalue weighted by Crippen LogP contribution is -2.15. The molecule has 0 aliphatic carbocycles. The van der Waals surface area contributed by atoms with Gasteiger partial charge in [0.25, 0.3) is 0 Å². The first-order valence-electron chi connectivity index (χ1n) is 4.01. The van der Waals surface area contributed by atoms with Crippen LogP contribution in [-0.4, -0.2) is 12.7 Å². The van der Waals surface area contributed by atoms with Crippen LogP contribution in [0.15, 0.2) is 30.3 Å². The Morgan fingerprint density at radius 3 is 2.36 bits per heavy atom. The summed E-state index contributed by atoms with van der Waals surface area (Å²) < 4.78 is 43.6. The molecule has 0 aromatic heterocycles. The second kappa shape index (κ2) is 3.25. The van der Waals surface area contributed by atoms with Crippen molar-refractivity contribution in [1.29, 1.82) is 0 Å². The van der Waals surface area contributed by atoms with Gasteiger partial charge in [-0.1, -0.05) is 30.3 Å². The SMILES string of the molecule is FC(F)(F)OC1OC1c1ccccc1. The molecule has 76 valence electrons. The molecular weight excluding hydrogens is 197 g/mol. The minimum absolute atomic E-state index is 0.585. The van der Waals surface area contributed by atoms with Crippen molar-refractivity contribution in [1.82, 2.24) is 0 Å². The molecular formula is C9H7F3O2. The molecule has 1 aliphatic heterocycles. The number of hydrogen-bond acceptors (Lipinski definition) is 2. The van der Waals surface area contributed by atoms with Crippen molar-refractivity contribution < 1.29 is 22.6 Å². The molecule has 5 heteroatoms. The molecule has 2 nitrogen and oxygen atoms in total. The van der Waals surface area contributed by atoms with E-state index in [1.165, 1.54) is 0 Å². The number of benzene rings is 1. The van der Waals surface area contributed by atoms with Crippen LogP contribution in [0.5, 0.6) is 0 Å². The van der Waals surface area contributed by atoms with E-state index in [0.717, 1.165) is 0 Å². The third-order valence-electron chi connectivity index (χ3n) is 1.83. The molecule has 0 spiro atoms. The number of ether oxygens (including phenoxy) is 2. The minimum atomic E-state index is -4.63. The van der Waals surface area contributed by atoms with Gasteiger partial charge >= 0.3 is 6.36 Å². The highest BCUT2D eigenvalue weighted by Crippen LogP contribution is 2.42. The fraction of sp³-hybridized carbons (Fsp3) is 0.333. The first kappa shape index (κ1) is 9.48. The molecule has 2 unspecified atom stereocenters. The Balaban J connectivity index is 1.94. The predicted molar refractivity (Wildman–Crippen MR) is 41.2 cm³/mol. The van der Waals surface area contributed by atoms with Gasteiger partial charge in [-0.2, -0.15) is 0 Å². The van der Waals surface area contributed by atoms with Crippen LogP contribution in [0.1, 0.15) is 11.7 Å². The third kappa shape index (κ3) is 2.24. The quantitative estimate of drug-likeness (QED) is 0.690. The van der Waals surface area contributed by atoms with Gasteiger partial charge in [0.1, 0.15) is 6.10 Å². The summed E-state index contributed by atoms with van der Waals surface area (Å²) in [6, 6.07) is 8.66. The van der Waals surface area contributed by atoms with Gasteiger partial charge in [-0.3, -0.25) is 4.74 Å². The van der Waals surface area contributed by atoms with Crippen molar-refractivity contribution >= 4 is 0 Å². The fourth-order valence-electron chi connectivity index (χ4n) is 1.20. The van der Waals surface area contributed by atoms with Crippen molar-refractivity contribution in [3.63, 3.8) is 0 Å². The highest BCUT2D eigenvalue weighted by molar-refractivity contribution is 5.21. The summed E-state index contributed by atoms with van der Waals surface area (Å²) in [4.78, 5) is 0. The molecule has 0 saturated carbocycles. The molecule has 2 rings (SSSR count). The van der Waals surface area contributed by atoms with Gasteiger partial charge in [-0.25, -0.2) is 0 Å². The Morgan fingerprint density at radius 2 is 1.79 bits per heavy atom. The monoisotopic (exact) mass is 204 g/mol. The van der Waals surface area contributed by atoms with Crippen LogP contribution in [0.2, 0.25) is 0 Å². The minimum Gasteiger partial charge on any atom is -0.336 e. The standard InChI is InChI=1S/C9H7F3O2/c10-9(11,12)14-8-7(13-8)6-4-2-1-3-5-6/h1-5,7-8H. The van der Waals surface area contributed by atoms with Gasteiger partial charge in [0.15, 0.2) is 6.29 Å². The van der Waals surface area contributed by atoms with E-state index in [0.29, 0.717) is 5.56 Å². The van der Waals surface area contributed by atoms with Crippen LogP contribution in [0, 0.1) is 0 Å². The average Bonchev–Trinajstić information content (AvgIpc) is 2.82. The van der Waals surface area contributed by atoms with Gasteiger partial charge in [0, 0.05) is 0 Å². The molecule has 0 radical (unpaired) electrons. The largest absolute Gasteiger partial charge is 0.524 e. The lowest BCUT2D eigenvalue weighted by molar-refractivity contribution is -0.340. The van der Waals surface area contributed by atoms with Gasteiger partial charge < -0.3 is 4.74 Å². The van der Waals surface area contributed by atoms with E-state index in [1.54, 1.807) is 30.3 Å². The fourth-order valence-corrected chi connectivity index (χ4v) is 1.20. The molecule has 1 aromatic carbocycles. The maximum atomic E-state index is 11.7. The van der Waals surface area contributed by atoms with Crippen LogP contribution in [0.3, 0.4) is 0 Å². The van der Waals surface area contributed by atoms with Crippen LogP contribution in [0.25, 0.3) is 0 Å². The average molecular weight is 204 g/mol. The zero-order valence-electron chi connectivity index (χ0n) is 6.99. The van der Waals surface area contributed by atoms with Gasteiger partial charge in [0.2, 0.25) is 0 Å². The number of alkyl halides is 3. The Morgan fingerprint density at radius 1 is 1.14 bits per heavy atom. The molecule has 1 heterocycles. The number of halogens is 3. The molecule has 1 aromatic rings. The smallest absolute Gasteiger partial charge is 0.336 e. The number of epoxide rings is 1. The van der Waals surface area contributed by atoms with E-state index >= 15 is 0 Å². The molecule has 0 N–H and O–H groups in total. The summed E-state index contributed by atoms with van der Waals surface area (Å²) in [7, 11) is 0. The van der Waals surface area contributed by atoms with E-state index in [-0.39, 0.29) is 0 Å². The van der Waals surface area contributed by atoms with E-state index < -0.39 is 18.8 Å². The van der Waals surface area contributed by atoms with Gasteiger partial charge in [0.05, 0.1) is 0 Å². The summed E-state index contributed by atoms with van der Waals surface area (Å²) >= 11 is 0. The van der Waals surface area contributed by atoms with Crippen molar-refractivity contribution in [3.8, 4) is 0 Å². The second-order valence-corrected chi connectivity index (χ2v) is 2.90. The molecule has 1 fully saturated rings. The summed E-state index contributed by atoms with van der Waals surface area (Å²) in [5.41, 5.74) is 0.696. The zero-order chi connectivity index (χ0) is 10.2. The Kier molecular flexibility index (Phi) is 2.20. The highest BCUT2D eigenvalue weighted by atomic mass is 19.4. The van der Waals surface area contributed by atoms with Crippen molar-refractivity contribution in [2.75, 3.05) is 0 Å². The highest BCUT2D eigenvalue weighted by Gasteiger charge is 2.48. The normalized spacial score (nSPS) is 26.2. The van der Waals surface area contributed by atoms with E-state index in [9.17, 15) is 13.2 Å². The van der Waals surface area contributed by atoms with Crippen molar-refractivity contribution in [2.45, 2.75) is 18.8 Å². The second-order valence-electron chi connectivity index (χ2n) is 2.90. The Labute approximate surface area is 78.2 Å². The van der Waals surface area contributed by atoms with Crippen LogP contribution < -0.4 is 0 Å². The number of rotatable bonds is 2. The Bertz CT molecular complexity index is 310. The zero-order valence-corrected chi connectivity index (χ0v) is 6.99. The molecule has 0 bridgehead atoms. The molecule has 14 heavy (non-hydrogen) atoms. The van der Waals surface area contributed by atoms with Gasteiger partial charge in [-0.05, 0) is 5.56 Å². The van der Waals surface area contributed by atoms with Crippen LogP contribution in [-0.2, 0) is 9.47 Å². The summed E-state index contributed by atoms with van der Waals surface area (Å²) in [6.07, 6.45) is -6.40. The lowest BCUT2D eigenvalue weighted by atomic mass is 10.2. The number of hydrogen-bond donors (Lipinski definition) is 0. The lowest BCUT2D eigenvalue weighted by Gasteiger charge is -2.03. The van der Waals surface area contributed by atoms with Gasteiger partial charge in [-0.15, -0.1) is 13.2 Å². The van der Waals surface area contributed by atoms with Crippen molar-refractivity contribution in [2.24, 2.45) is 0 Å². The predicted octanol–water partition coefficient (Wildman–Crippen LogP) is 2.62. The third-order valence-corrected chi connectivity index (χ3v) is 1.83. The first-order valence-corrected chi connectivity index (χ1v) is 4.01. The Hall–Kier alpha value is -1.07. The molecule has 1 saturated heterocycles. The van der Waals surface area contributed by atoms with E-state index in [2.05, 4.69) is 4.74 Å². The summed E-state index contributed by atoms with van der Waals surface area (Å²) in [5, 5.41) is 0. The van der Waals surface area contributed by atoms with Crippen LogP contribution in [0.4, 0.5) is 13.2 Å². The summed E-state index contributed by atoms with van der Waals surface area (Å²) in [6.45, 7) is 0. The molecule has 1 aliphatic rings. The molecule has 2 atom stereocenters. The maximum absolute atomic E-state index is 11.7. The molecule has 0 amide bonds. The van der Waals surface area contributed by atoms with Crippen LogP contribution >= 0.6 is 0 Å². The van der Waals surface area contributed by atoms with E-state index in [4.69, 9.17) is 4.74 Å². The topological polar surface area (TPSA) is 21.8 Å². The maximum Gasteiger partial charge on any atom is 0.524 e. The van der Waals surface area contributed by atoms with E-state index in [1.807, 2.05) is 0 Å². The summed E-state index contributed by atoms with van der Waals surface area (Å²) in [5.74, 6) is 0. The van der Waals surface area contributed by atoms with Crippen molar-refractivity contribution in [3.05, 3.63) is 35.9 Å². The first-order chi connectivity index (χ1) is 6.56.